The summed E-state index contributed by atoms with van der Waals surface area (Å²) in [5.74, 6) is -0.167. The summed E-state index contributed by atoms with van der Waals surface area (Å²) in [7, 11) is 1.59. The highest BCUT2D eigenvalue weighted by atomic mass is 31.2. The summed E-state index contributed by atoms with van der Waals surface area (Å²) in [4.78, 5) is 23.4. The molecule has 0 radical (unpaired) electrons. The number of aliphatic hydroxyl groups is 1. The number of quaternary nitrogens is 1. The summed E-state index contributed by atoms with van der Waals surface area (Å²) in [6.07, 6.45) is 81.0. The Morgan fingerprint density at radius 1 is 0.412 bits per heavy atom. The van der Waals surface area contributed by atoms with E-state index < -0.39 is 20.0 Å². The van der Waals surface area contributed by atoms with Crippen molar-refractivity contribution < 1.29 is 32.9 Å². The van der Waals surface area contributed by atoms with Crippen LogP contribution in [0.1, 0.15) is 386 Å². The zero-order valence-corrected chi connectivity index (χ0v) is 55.8. The van der Waals surface area contributed by atoms with E-state index in [1.165, 1.54) is 334 Å². The van der Waals surface area contributed by atoms with Crippen LogP contribution in [-0.2, 0) is 18.4 Å². The van der Waals surface area contributed by atoms with E-state index in [1.54, 1.807) is 6.08 Å². The van der Waals surface area contributed by atoms with Crippen molar-refractivity contribution in [1.29, 1.82) is 0 Å². The van der Waals surface area contributed by atoms with E-state index in [0.717, 1.165) is 32.1 Å². The molecule has 0 rings (SSSR count). The molecule has 0 saturated heterocycles. The van der Waals surface area contributed by atoms with Crippen LogP contribution in [0, 0.1) is 0 Å². The minimum absolute atomic E-state index is 0.0653. The summed E-state index contributed by atoms with van der Waals surface area (Å²) in [6, 6.07) is -0.843. The maximum atomic E-state index is 13.0. The van der Waals surface area contributed by atoms with E-state index in [4.69, 9.17) is 9.05 Å². The van der Waals surface area contributed by atoms with E-state index in [0.29, 0.717) is 17.4 Å². The minimum Gasteiger partial charge on any atom is -0.387 e. The van der Waals surface area contributed by atoms with Crippen LogP contribution in [0.2, 0.25) is 0 Å². The second-order valence-corrected chi connectivity index (χ2v) is 27.8. The van der Waals surface area contributed by atoms with Gasteiger partial charge in [-0.05, 0) is 19.3 Å². The van der Waals surface area contributed by atoms with Gasteiger partial charge < -0.3 is 19.8 Å². The number of nitrogens with one attached hydrogen (secondary N) is 1. The Hall–Kier alpha value is -0.760. The molecule has 0 aromatic heterocycles. The molecule has 0 aromatic rings. The lowest BCUT2D eigenvalue weighted by Gasteiger charge is -2.25. The Kier molecular flexibility index (Phi) is 62.2. The number of phosphoric ester groups is 1. The van der Waals surface area contributed by atoms with Gasteiger partial charge in [0, 0.05) is 6.42 Å². The fourth-order valence-electron chi connectivity index (χ4n) is 11.4. The molecule has 0 aliphatic rings. The fourth-order valence-corrected chi connectivity index (χ4v) is 12.1. The van der Waals surface area contributed by atoms with Gasteiger partial charge in [-0.15, -0.1) is 0 Å². The van der Waals surface area contributed by atoms with Gasteiger partial charge >= 0.3 is 7.82 Å². The molecule has 0 aliphatic carbocycles. The molecule has 3 atom stereocenters. The number of phosphoric acid groups is 1. The lowest BCUT2D eigenvalue weighted by atomic mass is 10.0. The first kappa shape index (κ1) is 79.2. The van der Waals surface area contributed by atoms with Gasteiger partial charge in [0.1, 0.15) is 13.2 Å². The van der Waals surface area contributed by atoms with Crippen LogP contribution in [0.15, 0.2) is 12.2 Å². The van der Waals surface area contributed by atoms with Crippen molar-refractivity contribution >= 4 is 13.7 Å². The molecule has 3 unspecified atom stereocenters. The minimum atomic E-state index is -4.35. The molecule has 0 heterocycles. The Bertz CT molecular complexity index is 1310. The smallest absolute Gasteiger partial charge is 0.387 e. The third kappa shape index (κ3) is 64.8. The maximum Gasteiger partial charge on any atom is 0.472 e. The fraction of sp³-hybridized carbons (Fsp3) is 0.958. The van der Waals surface area contributed by atoms with Crippen LogP contribution in [0.3, 0.4) is 0 Å². The number of aliphatic hydroxyl groups excluding tert-OH is 1. The van der Waals surface area contributed by atoms with Gasteiger partial charge in [-0.3, -0.25) is 13.8 Å². The summed E-state index contributed by atoms with van der Waals surface area (Å²) in [5, 5.41) is 14.0. The quantitative estimate of drug-likeness (QED) is 0.0243. The van der Waals surface area contributed by atoms with E-state index in [1.807, 2.05) is 27.2 Å². The Balaban J connectivity index is 3.86. The van der Waals surface area contributed by atoms with Crippen molar-refractivity contribution in [3.63, 3.8) is 0 Å². The average Bonchev–Trinajstić information content (AvgIpc) is 3.42. The standard InChI is InChI=1S/C71H143N2O6P/c1-6-8-10-12-14-16-18-20-22-24-26-27-28-29-30-31-32-33-34-35-36-37-38-39-40-41-42-43-44-45-46-47-49-51-53-55-57-59-61-63-65-71(75)72-69(68-79-80(76,77)78-67-66-73(3,4)5)70(74)64-62-60-58-56-54-52-50-48-25-23-21-19-17-15-13-11-9-7-2/h62,64,69-70,74H,6-61,63,65-68H2,1-5H3,(H-,72,75,76,77)/p+1/b64-62+. The summed E-state index contributed by atoms with van der Waals surface area (Å²) in [5.41, 5.74) is 0. The number of carbonyl (C=O) groups excluding carboxylic acids is 1. The monoisotopic (exact) mass is 1150 g/mol. The summed E-state index contributed by atoms with van der Waals surface area (Å²) < 4.78 is 23.8. The van der Waals surface area contributed by atoms with Crippen molar-refractivity contribution in [2.24, 2.45) is 0 Å². The maximum absolute atomic E-state index is 13.0. The number of unbranched alkanes of at least 4 members (excludes halogenated alkanes) is 55. The van der Waals surface area contributed by atoms with Crippen molar-refractivity contribution in [2.75, 3.05) is 40.9 Å². The van der Waals surface area contributed by atoms with Crippen LogP contribution in [0.5, 0.6) is 0 Å². The Morgan fingerprint density at radius 2 is 0.662 bits per heavy atom. The molecule has 0 bridgehead atoms. The second kappa shape index (κ2) is 62.8. The molecule has 0 aliphatic heterocycles. The largest absolute Gasteiger partial charge is 0.472 e. The van der Waals surface area contributed by atoms with E-state index in [9.17, 15) is 19.4 Å². The number of hydrogen-bond donors (Lipinski definition) is 3. The highest BCUT2D eigenvalue weighted by Crippen LogP contribution is 2.43. The molecular formula is C71H144N2O6P+. The van der Waals surface area contributed by atoms with E-state index in [2.05, 4.69) is 19.2 Å². The van der Waals surface area contributed by atoms with Gasteiger partial charge in [0.05, 0.1) is 39.9 Å². The SMILES string of the molecule is CCCCCCCCCCCCCCCCCC/C=C/C(O)C(COP(=O)(O)OCC[N+](C)(C)C)NC(=O)CCCCCCCCCCCCCCCCCCCCCCCCCCCCCCCCCCCCCCCCCC. The lowest BCUT2D eigenvalue weighted by molar-refractivity contribution is -0.870. The lowest BCUT2D eigenvalue weighted by Crippen LogP contribution is -2.45. The predicted molar refractivity (Wildman–Crippen MR) is 351 cm³/mol. The number of allylic oxidation sites excluding steroid dienone is 1. The van der Waals surface area contributed by atoms with Gasteiger partial charge in [0.15, 0.2) is 0 Å². The molecule has 1 amide bonds. The molecule has 0 spiro atoms. The van der Waals surface area contributed by atoms with Crippen LogP contribution in [-0.4, -0.2) is 73.4 Å². The number of carbonyl (C=O) groups is 1. The zero-order chi connectivity index (χ0) is 58.4. The third-order valence-electron chi connectivity index (χ3n) is 17.0. The van der Waals surface area contributed by atoms with Gasteiger partial charge in [0.2, 0.25) is 5.91 Å². The molecule has 8 nitrogen and oxygen atoms in total. The molecule has 0 aromatic carbocycles. The second-order valence-electron chi connectivity index (χ2n) is 26.3. The molecule has 3 N–H and O–H groups in total. The van der Waals surface area contributed by atoms with Gasteiger partial charge in [-0.25, -0.2) is 4.57 Å². The van der Waals surface area contributed by atoms with E-state index in [-0.39, 0.29) is 19.1 Å². The predicted octanol–water partition coefficient (Wildman–Crippen LogP) is 22.9. The van der Waals surface area contributed by atoms with E-state index >= 15 is 0 Å². The zero-order valence-electron chi connectivity index (χ0n) is 54.9. The van der Waals surface area contributed by atoms with Crippen LogP contribution < -0.4 is 5.32 Å². The highest BCUT2D eigenvalue weighted by Gasteiger charge is 2.28. The Labute approximate surface area is 501 Å². The first-order chi connectivity index (χ1) is 39.0. The average molecular weight is 1150 g/mol. The summed E-state index contributed by atoms with van der Waals surface area (Å²) >= 11 is 0. The number of amides is 1. The molecule has 478 valence electrons. The Morgan fingerprint density at radius 3 is 0.925 bits per heavy atom. The summed E-state index contributed by atoms with van der Waals surface area (Å²) in [6.45, 7) is 4.88. The topological polar surface area (TPSA) is 105 Å². The number of nitrogens with zero attached hydrogens (tertiary/aromatic N) is 1. The van der Waals surface area contributed by atoms with Gasteiger partial charge in [0.25, 0.3) is 0 Å². The van der Waals surface area contributed by atoms with Gasteiger partial charge in [-0.2, -0.15) is 0 Å². The van der Waals surface area contributed by atoms with Crippen LogP contribution in [0.25, 0.3) is 0 Å². The van der Waals surface area contributed by atoms with Crippen molar-refractivity contribution in [1.82, 2.24) is 5.32 Å². The van der Waals surface area contributed by atoms with Crippen LogP contribution in [0.4, 0.5) is 0 Å². The first-order valence-electron chi connectivity index (χ1n) is 36.1. The number of likely N-dealkylation sites (N-methyl/N-ethyl adjacent to an activating group) is 1. The van der Waals surface area contributed by atoms with Crippen molar-refractivity contribution in [2.45, 2.75) is 398 Å². The molecule has 0 saturated carbocycles. The molecule has 9 heteroatoms. The number of rotatable bonds is 68. The van der Waals surface area contributed by atoms with Crippen molar-refractivity contribution in [3.05, 3.63) is 12.2 Å². The molecule has 0 fully saturated rings. The molecule has 80 heavy (non-hydrogen) atoms. The molecular weight excluding hydrogens is 1010 g/mol. The van der Waals surface area contributed by atoms with Crippen molar-refractivity contribution in [3.8, 4) is 0 Å². The highest BCUT2D eigenvalue weighted by molar-refractivity contribution is 7.47. The van der Waals surface area contributed by atoms with Gasteiger partial charge in [-0.1, -0.05) is 373 Å². The third-order valence-corrected chi connectivity index (χ3v) is 18.0. The normalized spacial score (nSPS) is 13.6. The van der Waals surface area contributed by atoms with Crippen LogP contribution >= 0.6 is 7.82 Å². The first-order valence-corrected chi connectivity index (χ1v) is 37.6. The number of hydrogen-bond acceptors (Lipinski definition) is 5.